The molecule has 1 aromatic heterocycles. The van der Waals surface area contributed by atoms with E-state index < -0.39 is 0 Å². The van der Waals surface area contributed by atoms with Crippen LogP contribution in [0.1, 0.15) is 59.7 Å². The number of unbranched alkanes of at least 4 members (excludes halogenated alkanes) is 2. The Labute approximate surface area is 137 Å². The molecule has 0 aliphatic carbocycles. The van der Waals surface area contributed by atoms with Gasteiger partial charge in [-0.3, -0.25) is 14.6 Å². The molecule has 6 heteroatoms. The minimum Gasteiger partial charge on any atom is -0.376 e. The second-order valence-corrected chi connectivity index (χ2v) is 5.77. The Bertz CT molecular complexity index is 528. The molecular weight excluding hydrogens is 294 g/mol. The molecule has 2 rings (SSSR count). The predicted molar refractivity (Wildman–Crippen MR) is 87.4 cm³/mol. The number of amides is 2. The number of aromatic nitrogens is 1. The summed E-state index contributed by atoms with van der Waals surface area (Å²) in [6, 6.07) is 1.58. The second kappa shape index (κ2) is 9.25. The van der Waals surface area contributed by atoms with E-state index in [0.717, 1.165) is 38.7 Å². The Kier molecular flexibility index (Phi) is 7.00. The van der Waals surface area contributed by atoms with Gasteiger partial charge in [-0.25, -0.2) is 0 Å². The van der Waals surface area contributed by atoms with Crippen LogP contribution in [0.15, 0.2) is 18.5 Å². The normalized spacial score (nSPS) is 17.0. The SMILES string of the molecule is CCCCCNC(=O)c1cncc(C(=O)NCC2CCCO2)c1. The maximum Gasteiger partial charge on any atom is 0.252 e. The average molecular weight is 319 g/mol. The van der Waals surface area contributed by atoms with E-state index in [4.69, 9.17) is 4.74 Å². The lowest BCUT2D eigenvalue weighted by Gasteiger charge is -2.11. The van der Waals surface area contributed by atoms with Gasteiger partial charge < -0.3 is 15.4 Å². The van der Waals surface area contributed by atoms with Crippen molar-refractivity contribution < 1.29 is 14.3 Å². The van der Waals surface area contributed by atoms with Crippen LogP contribution in [0, 0.1) is 0 Å². The number of nitrogens with one attached hydrogen (secondary N) is 2. The third-order valence-electron chi connectivity index (χ3n) is 3.84. The average Bonchev–Trinajstić information content (AvgIpc) is 3.10. The van der Waals surface area contributed by atoms with Crippen LogP contribution >= 0.6 is 0 Å². The summed E-state index contributed by atoms with van der Waals surface area (Å²) in [5.74, 6) is -0.420. The molecule has 126 valence electrons. The van der Waals surface area contributed by atoms with Gasteiger partial charge in [0.25, 0.3) is 11.8 Å². The zero-order valence-corrected chi connectivity index (χ0v) is 13.6. The standard InChI is InChI=1S/C17H25N3O3/c1-2-3-4-7-19-16(21)13-9-14(11-18-10-13)17(22)20-12-15-6-5-8-23-15/h9-11,15H,2-8,12H2,1H3,(H,19,21)(H,20,22). The van der Waals surface area contributed by atoms with Gasteiger partial charge in [0, 0.05) is 32.1 Å². The summed E-state index contributed by atoms with van der Waals surface area (Å²) < 4.78 is 5.47. The fourth-order valence-electron chi connectivity index (χ4n) is 2.48. The zero-order valence-electron chi connectivity index (χ0n) is 13.6. The first-order valence-corrected chi connectivity index (χ1v) is 8.33. The minimum atomic E-state index is -0.228. The van der Waals surface area contributed by atoms with Crippen LogP contribution in [0.25, 0.3) is 0 Å². The predicted octanol–water partition coefficient (Wildman–Crippen LogP) is 1.91. The van der Waals surface area contributed by atoms with Crippen LogP contribution in [-0.4, -0.2) is 42.6 Å². The summed E-state index contributed by atoms with van der Waals surface area (Å²) in [5.41, 5.74) is 0.801. The van der Waals surface area contributed by atoms with Crippen molar-refractivity contribution in [2.75, 3.05) is 19.7 Å². The van der Waals surface area contributed by atoms with Gasteiger partial charge in [-0.1, -0.05) is 19.8 Å². The number of carbonyl (C=O) groups excluding carboxylic acids is 2. The molecule has 1 aliphatic heterocycles. The van der Waals surface area contributed by atoms with Crippen molar-refractivity contribution in [2.45, 2.75) is 45.1 Å². The van der Waals surface area contributed by atoms with E-state index in [1.165, 1.54) is 12.4 Å². The lowest BCUT2D eigenvalue weighted by Crippen LogP contribution is -2.32. The maximum atomic E-state index is 12.1. The minimum absolute atomic E-state index is 0.0944. The van der Waals surface area contributed by atoms with Crippen molar-refractivity contribution >= 4 is 11.8 Å². The Balaban J connectivity index is 1.85. The molecule has 0 aromatic carbocycles. The topological polar surface area (TPSA) is 80.3 Å². The third kappa shape index (κ3) is 5.63. The highest BCUT2D eigenvalue weighted by Crippen LogP contribution is 2.11. The Morgan fingerprint density at radius 1 is 1.22 bits per heavy atom. The summed E-state index contributed by atoms with van der Waals surface area (Å²) in [4.78, 5) is 28.2. The molecule has 2 heterocycles. The van der Waals surface area contributed by atoms with E-state index in [9.17, 15) is 9.59 Å². The Morgan fingerprint density at radius 3 is 2.61 bits per heavy atom. The van der Waals surface area contributed by atoms with Crippen molar-refractivity contribution in [3.05, 3.63) is 29.6 Å². The number of carbonyl (C=O) groups is 2. The fraction of sp³-hybridized carbons (Fsp3) is 0.588. The number of rotatable bonds is 8. The van der Waals surface area contributed by atoms with Crippen LogP contribution < -0.4 is 10.6 Å². The number of nitrogens with zero attached hydrogens (tertiary/aromatic N) is 1. The van der Waals surface area contributed by atoms with Crippen LogP contribution in [-0.2, 0) is 4.74 Å². The monoisotopic (exact) mass is 319 g/mol. The first-order chi connectivity index (χ1) is 11.2. The second-order valence-electron chi connectivity index (χ2n) is 5.77. The quantitative estimate of drug-likeness (QED) is 0.717. The molecular formula is C17H25N3O3. The van der Waals surface area contributed by atoms with E-state index >= 15 is 0 Å². The third-order valence-corrected chi connectivity index (χ3v) is 3.84. The summed E-state index contributed by atoms with van der Waals surface area (Å²) in [7, 11) is 0. The number of pyridine rings is 1. The summed E-state index contributed by atoms with van der Waals surface area (Å²) in [6.07, 6.45) is 8.20. The van der Waals surface area contributed by atoms with Gasteiger partial charge in [0.15, 0.2) is 0 Å². The molecule has 1 atom stereocenters. The van der Waals surface area contributed by atoms with Crippen molar-refractivity contribution in [3.8, 4) is 0 Å². The molecule has 1 aliphatic rings. The van der Waals surface area contributed by atoms with Crippen LogP contribution in [0.4, 0.5) is 0 Å². The van der Waals surface area contributed by atoms with Gasteiger partial charge >= 0.3 is 0 Å². The molecule has 1 aromatic rings. The van der Waals surface area contributed by atoms with Crippen molar-refractivity contribution in [3.63, 3.8) is 0 Å². The summed E-state index contributed by atoms with van der Waals surface area (Å²) >= 11 is 0. The molecule has 6 nitrogen and oxygen atoms in total. The first kappa shape index (κ1) is 17.4. The molecule has 2 N–H and O–H groups in total. The molecule has 0 spiro atoms. The molecule has 1 fully saturated rings. The molecule has 0 radical (unpaired) electrons. The molecule has 2 amide bonds. The van der Waals surface area contributed by atoms with Crippen molar-refractivity contribution in [2.24, 2.45) is 0 Å². The highest BCUT2D eigenvalue weighted by molar-refractivity contribution is 5.99. The van der Waals surface area contributed by atoms with Gasteiger partial charge in [0.05, 0.1) is 17.2 Å². The summed E-state index contributed by atoms with van der Waals surface area (Å²) in [6.45, 7) is 4.01. The van der Waals surface area contributed by atoms with Gasteiger partial charge in [-0.15, -0.1) is 0 Å². The summed E-state index contributed by atoms with van der Waals surface area (Å²) in [5, 5.41) is 5.68. The van der Waals surface area contributed by atoms with Crippen LogP contribution in [0.2, 0.25) is 0 Å². The largest absolute Gasteiger partial charge is 0.376 e. The van der Waals surface area contributed by atoms with Crippen molar-refractivity contribution in [1.82, 2.24) is 15.6 Å². The smallest absolute Gasteiger partial charge is 0.252 e. The lowest BCUT2D eigenvalue weighted by molar-refractivity contribution is 0.0857. The van der Waals surface area contributed by atoms with Gasteiger partial charge in [-0.05, 0) is 25.3 Å². The van der Waals surface area contributed by atoms with Gasteiger partial charge in [0.1, 0.15) is 0 Å². The van der Waals surface area contributed by atoms with E-state index in [2.05, 4.69) is 22.5 Å². The number of hydrogen-bond donors (Lipinski definition) is 2. The highest BCUT2D eigenvalue weighted by Gasteiger charge is 2.17. The number of hydrogen-bond acceptors (Lipinski definition) is 4. The van der Waals surface area contributed by atoms with Gasteiger partial charge in [0.2, 0.25) is 0 Å². The van der Waals surface area contributed by atoms with Gasteiger partial charge in [-0.2, -0.15) is 0 Å². The highest BCUT2D eigenvalue weighted by atomic mass is 16.5. The van der Waals surface area contributed by atoms with Crippen LogP contribution in [0.5, 0.6) is 0 Å². The molecule has 0 bridgehead atoms. The van der Waals surface area contributed by atoms with Crippen molar-refractivity contribution in [1.29, 1.82) is 0 Å². The van der Waals surface area contributed by atoms with E-state index in [1.54, 1.807) is 6.07 Å². The molecule has 23 heavy (non-hydrogen) atoms. The van der Waals surface area contributed by atoms with E-state index in [1.807, 2.05) is 0 Å². The molecule has 1 unspecified atom stereocenters. The lowest BCUT2D eigenvalue weighted by atomic mass is 10.1. The first-order valence-electron chi connectivity index (χ1n) is 8.33. The molecule has 1 saturated heterocycles. The fourth-order valence-corrected chi connectivity index (χ4v) is 2.48. The Morgan fingerprint density at radius 2 is 1.96 bits per heavy atom. The number of ether oxygens (including phenoxy) is 1. The zero-order chi connectivity index (χ0) is 16.5. The maximum absolute atomic E-state index is 12.1. The van der Waals surface area contributed by atoms with E-state index in [0.29, 0.717) is 24.2 Å². The van der Waals surface area contributed by atoms with Crippen LogP contribution in [0.3, 0.4) is 0 Å². The van der Waals surface area contributed by atoms with E-state index in [-0.39, 0.29) is 17.9 Å². The molecule has 0 saturated carbocycles. The Hall–Kier alpha value is -1.95.